The van der Waals surface area contributed by atoms with Crippen LogP contribution in [0.5, 0.6) is 0 Å². The molecule has 0 unspecified atom stereocenters. The first-order chi connectivity index (χ1) is 15.6. The Kier molecular flexibility index (Phi) is 5.24. The number of nitrogens with zero attached hydrogens (tertiary/aromatic N) is 4. The van der Waals surface area contributed by atoms with Gasteiger partial charge in [0.05, 0.1) is 6.20 Å². The van der Waals surface area contributed by atoms with Crippen molar-refractivity contribution < 1.29 is 13.6 Å². The second-order valence-electron chi connectivity index (χ2n) is 7.54. The van der Waals surface area contributed by atoms with Crippen LogP contribution in [0.3, 0.4) is 0 Å². The third-order valence-corrected chi connectivity index (χ3v) is 5.38. The second kappa shape index (κ2) is 8.35. The molecule has 1 saturated heterocycles. The predicted octanol–water partition coefficient (Wildman–Crippen LogP) is 3.34. The van der Waals surface area contributed by atoms with Crippen LogP contribution in [-0.2, 0) is 0 Å². The van der Waals surface area contributed by atoms with Crippen molar-refractivity contribution >= 4 is 22.9 Å². The van der Waals surface area contributed by atoms with Crippen molar-refractivity contribution in [1.29, 1.82) is 0 Å². The van der Waals surface area contributed by atoms with E-state index in [1.165, 1.54) is 22.8 Å². The summed E-state index contributed by atoms with van der Waals surface area (Å²) >= 11 is 0. The summed E-state index contributed by atoms with van der Waals surface area (Å²) in [5.41, 5.74) is 2.98. The number of amides is 1. The van der Waals surface area contributed by atoms with E-state index in [1.807, 2.05) is 24.3 Å². The molecule has 162 valence electrons. The number of anilines is 2. The van der Waals surface area contributed by atoms with Crippen LogP contribution in [0.1, 0.15) is 10.5 Å². The van der Waals surface area contributed by atoms with Crippen LogP contribution in [0.25, 0.3) is 16.8 Å². The van der Waals surface area contributed by atoms with Crippen LogP contribution in [0.15, 0.2) is 60.9 Å². The van der Waals surface area contributed by atoms with Crippen molar-refractivity contribution in [2.24, 2.45) is 0 Å². The van der Waals surface area contributed by atoms with Gasteiger partial charge < -0.3 is 15.5 Å². The average molecular weight is 434 g/mol. The van der Waals surface area contributed by atoms with E-state index in [4.69, 9.17) is 0 Å². The number of halogens is 2. The first-order valence-corrected chi connectivity index (χ1v) is 10.2. The molecule has 1 aliphatic rings. The second-order valence-corrected chi connectivity index (χ2v) is 7.54. The van der Waals surface area contributed by atoms with E-state index in [0.717, 1.165) is 37.9 Å². The summed E-state index contributed by atoms with van der Waals surface area (Å²) in [6.45, 7) is 3.79. The van der Waals surface area contributed by atoms with Gasteiger partial charge in [0.15, 0.2) is 5.65 Å². The van der Waals surface area contributed by atoms with Crippen molar-refractivity contribution in [3.63, 3.8) is 0 Å². The van der Waals surface area contributed by atoms with Crippen molar-refractivity contribution in [3.05, 3.63) is 78.3 Å². The molecule has 1 aliphatic heterocycles. The third kappa shape index (κ3) is 4.02. The Morgan fingerprint density at radius 2 is 1.72 bits per heavy atom. The molecule has 2 aromatic heterocycles. The molecule has 0 aliphatic carbocycles. The molecule has 4 aromatic rings. The molecule has 7 nitrogen and oxygen atoms in total. The summed E-state index contributed by atoms with van der Waals surface area (Å²) in [6.07, 6.45) is 3.05. The minimum Gasteiger partial charge on any atom is -0.369 e. The molecule has 2 aromatic carbocycles. The molecule has 0 saturated carbocycles. The van der Waals surface area contributed by atoms with Gasteiger partial charge in [-0.1, -0.05) is 0 Å². The molecule has 32 heavy (non-hydrogen) atoms. The standard InChI is InChI=1S/C23H20F2N6O/c24-16-11-15(12-17(25)13-16)20-14-27-31-8-5-21(29-22(20)31)23(32)28-18-1-3-19(4-2-18)30-9-6-26-7-10-30/h1-5,8,11-14,26H,6-7,9-10H2,(H,28,32). The van der Waals surface area contributed by atoms with Crippen molar-refractivity contribution in [2.75, 3.05) is 36.4 Å². The highest BCUT2D eigenvalue weighted by Crippen LogP contribution is 2.25. The summed E-state index contributed by atoms with van der Waals surface area (Å²) in [5.74, 6) is -1.78. The summed E-state index contributed by atoms with van der Waals surface area (Å²) in [7, 11) is 0. The lowest BCUT2D eigenvalue weighted by molar-refractivity contribution is 0.102. The zero-order chi connectivity index (χ0) is 22.1. The number of benzene rings is 2. The van der Waals surface area contributed by atoms with Crippen molar-refractivity contribution in [3.8, 4) is 11.1 Å². The third-order valence-electron chi connectivity index (χ3n) is 5.38. The van der Waals surface area contributed by atoms with Gasteiger partial charge >= 0.3 is 0 Å². The van der Waals surface area contributed by atoms with Crippen molar-refractivity contribution in [1.82, 2.24) is 19.9 Å². The molecule has 0 atom stereocenters. The molecule has 0 spiro atoms. The SMILES string of the molecule is O=C(Nc1ccc(N2CCNCC2)cc1)c1ccn2ncc(-c3cc(F)cc(F)c3)c2n1. The number of nitrogens with one attached hydrogen (secondary N) is 2. The molecule has 3 heterocycles. The number of carbonyl (C=O) groups excluding carboxylic acids is 1. The summed E-state index contributed by atoms with van der Waals surface area (Å²) in [4.78, 5) is 19.5. The fourth-order valence-electron chi connectivity index (χ4n) is 3.78. The summed E-state index contributed by atoms with van der Waals surface area (Å²) in [6, 6.07) is 12.4. The number of hydrogen-bond acceptors (Lipinski definition) is 5. The highest BCUT2D eigenvalue weighted by atomic mass is 19.1. The number of hydrogen-bond donors (Lipinski definition) is 2. The van der Waals surface area contributed by atoms with E-state index in [1.54, 1.807) is 12.3 Å². The zero-order valence-corrected chi connectivity index (χ0v) is 17.1. The summed E-state index contributed by atoms with van der Waals surface area (Å²) in [5, 5.41) is 10.3. The van der Waals surface area contributed by atoms with Gasteiger partial charge in [-0.2, -0.15) is 5.10 Å². The lowest BCUT2D eigenvalue weighted by Gasteiger charge is -2.29. The topological polar surface area (TPSA) is 74.6 Å². The Labute approximate surface area is 182 Å². The van der Waals surface area contributed by atoms with Crippen LogP contribution in [0, 0.1) is 11.6 Å². The monoisotopic (exact) mass is 434 g/mol. The van der Waals surface area contributed by atoms with Crippen molar-refractivity contribution in [2.45, 2.75) is 0 Å². The van der Waals surface area contributed by atoms with Gasteiger partial charge in [0.1, 0.15) is 17.3 Å². The highest BCUT2D eigenvalue weighted by molar-refractivity contribution is 6.03. The lowest BCUT2D eigenvalue weighted by atomic mass is 10.1. The molecular weight excluding hydrogens is 414 g/mol. The Morgan fingerprint density at radius 1 is 1.00 bits per heavy atom. The lowest BCUT2D eigenvalue weighted by Crippen LogP contribution is -2.43. The van der Waals surface area contributed by atoms with Crippen LogP contribution in [0.2, 0.25) is 0 Å². The number of rotatable bonds is 4. The van der Waals surface area contributed by atoms with E-state index in [0.29, 0.717) is 22.5 Å². The van der Waals surface area contributed by atoms with Gasteiger partial charge in [0.2, 0.25) is 0 Å². The fourth-order valence-corrected chi connectivity index (χ4v) is 3.78. The quantitative estimate of drug-likeness (QED) is 0.515. The Bertz CT molecular complexity index is 1260. The molecule has 1 fully saturated rings. The van der Waals surface area contributed by atoms with Gasteiger partial charge in [-0.15, -0.1) is 0 Å². The molecule has 0 bridgehead atoms. The van der Waals surface area contributed by atoms with E-state index in [-0.39, 0.29) is 11.6 Å². The minimum absolute atomic E-state index is 0.169. The zero-order valence-electron chi connectivity index (χ0n) is 17.1. The summed E-state index contributed by atoms with van der Waals surface area (Å²) < 4.78 is 28.8. The number of fused-ring (bicyclic) bond motifs is 1. The van der Waals surface area contributed by atoms with Crippen LogP contribution in [0.4, 0.5) is 20.2 Å². The van der Waals surface area contributed by atoms with E-state index in [9.17, 15) is 13.6 Å². The molecule has 5 rings (SSSR count). The highest BCUT2D eigenvalue weighted by Gasteiger charge is 2.15. The molecule has 1 amide bonds. The van der Waals surface area contributed by atoms with Gasteiger partial charge in [-0.3, -0.25) is 4.79 Å². The Hall–Kier alpha value is -3.85. The maximum absolute atomic E-state index is 13.7. The molecular formula is C23H20F2N6O. The normalized spacial score (nSPS) is 14.0. The van der Waals surface area contributed by atoms with E-state index in [2.05, 4.69) is 25.6 Å². The molecule has 2 N–H and O–H groups in total. The predicted molar refractivity (Wildman–Crippen MR) is 118 cm³/mol. The number of carbonyl (C=O) groups is 1. The first-order valence-electron chi connectivity index (χ1n) is 10.2. The van der Waals surface area contributed by atoms with Crippen LogP contribution >= 0.6 is 0 Å². The Morgan fingerprint density at radius 3 is 2.44 bits per heavy atom. The van der Waals surface area contributed by atoms with E-state index < -0.39 is 11.6 Å². The maximum atomic E-state index is 13.7. The first kappa shape index (κ1) is 20.1. The van der Waals surface area contributed by atoms with Gasteiger partial charge in [-0.05, 0) is 48.0 Å². The van der Waals surface area contributed by atoms with E-state index >= 15 is 0 Å². The van der Waals surface area contributed by atoms with Gasteiger partial charge in [0.25, 0.3) is 5.91 Å². The molecule has 9 heteroatoms. The van der Waals surface area contributed by atoms with Crippen LogP contribution in [-0.4, -0.2) is 46.7 Å². The fraction of sp³-hybridized carbons (Fsp3) is 0.174. The molecule has 0 radical (unpaired) electrons. The maximum Gasteiger partial charge on any atom is 0.274 e. The Balaban J connectivity index is 1.38. The minimum atomic E-state index is -0.697. The number of aromatic nitrogens is 3. The van der Waals surface area contributed by atoms with Gasteiger partial charge in [-0.25, -0.2) is 18.3 Å². The smallest absolute Gasteiger partial charge is 0.274 e. The average Bonchev–Trinajstić information content (AvgIpc) is 3.23. The largest absolute Gasteiger partial charge is 0.369 e. The van der Waals surface area contributed by atoms with Crippen LogP contribution < -0.4 is 15.5 Å². The van der Waals surface area contributed by atoms with Gasteiger partial charge in [0, 0.05) is 55.4 Å². The number of piperazine rings is 1.